The highest BCUT2D eigenvalue weighted by Crippen LogP contribution is 2.29. The van der Waals surface area contributed by atoms with Crippen molar-refractivity contribution in [2.24, 2.45) is 0 Å². The molecule has 12 heteroatoms. The summed E-state index contributed by atoms with van der Waals surface area (Å²) in [6.07, 6.45) is 0.115. The third kappa shape index (κ3) is 7.26. The number of nitrogens with zero attached hydrogens (tertiary/aromatic N) is 2. The Morgan fingerprint density at radius 3 is 2.44 bits per heavy atom. The summed E-state index contributed by atoms with van der Waals surface area (Å²) in [5.74, 6) is 0.415. The predicted octanol–water partition coefficient (Wildman–Crippen LogP) is 5.02. The number of amides is 3. The van der Waals surface area contributed by atoms with E-state index in [9.17, 15) is 14.4 Å². The number of thioether (sulfide) groups is 1. The minimum absolute atomic E-state index is 0.115. The Hall–Kier alpha value is -3.48. The predicted molar refractivity (Wildman–Crippen MR) is 145 cm³/mol. The molecule has 0 unspecified atom stereocenters. The molecule has 186 valence electrons. The summed E-state index contributed by atoms with van der Waals surface area (Å²) in [6.45, 7) is 3.95. The quantitative estimate of drug-likeness (QED) is 0.241. The van der Waals surface area contributed by atoms with Crippen LogP contribution in [-0.4, -0.2) is 40.0 Å². The normalized spacial score (nSPS) is 10.7. The average Bonchev–Trinajstić information content (AvgIpc) is 3.44. The van der Waals surface area contributed by atoms with Crippen molar-refractivity contribution in [3.63, 3.8) is 0 Å². The van der Waals surface area contributed by atoms with Crippen LogP contribution in [0.4, 0.5) is 16.5 Å². The van der Waals surface area contributed by atoms with Crippen LogP contribution in [0.15, 0.2) is 52.2 Å². The Bertz CT molecular complexity index is 1380. The topological polar surface area (TPSA) is 122 Å². The van der Waals surface area contributed by atoms with Crippen LogP contribution in [0.25, 0.3) is 10.2 Å². The second-order valence-electron chi connectivity index (χ2n) is 7.51. The average molecular weight is 542 g/mol. The number of hydrogen-bond acceptors (Lipinski definition) is 9. The van der Waals surface area contributed by atoms with E-state index in [1.165, 1.54) is 41.4 Å². The highest BCUT2D eigenvalue weighted by Gasteiger charge is 2.13. The van der Waals surface area contributed by atoms with Gasteiger partial charge in [-0.2, -0.15) is 0 Å². The van der Waals surface area contributed by atoms with Crippen LogP contribution in [0.5, 0.6) is 5.75 Å². The van der Waals surface area contributed by atoms with Crippen molar-refractivity contribution in [2.45, 2.75) is 24.6 Å². The molecule has 2 aromatic carbocycles. The van der Waals surface area contributed by atoms with Crippen molar-refractivity contribution in [2.75, 3.05) is 28.3 Å². The van der Waals surface area contributed by atoms with Crippen molar-refractivity contribution in [3.8, 4) is 5.75 Å². The first kappa shape index (κ1) is 25.6. The van der Waals surface area contributed by atoms with Gasteiger partial charge in [0, 0.05) is 23.7 Å². The van der Waals surface area contributed by atoms with Gasteiger partial charge < -0.3 is 20.7 Å². The van der Waals surface area contributed by atoms with E-state index in [1.54, 1.807) is 24.3 Å². The van der Waals surface area contributed by atoms with Gasteiger partial charge in [0.2, 0.25) is 17.7 Å². The molecule has 2 heterocycles. The summed E-state index contributed by atoms with van der Waals surface area (Å²) in [5, 5.41) is 10.6. The van der Waals surface area contributed by atoms with Crippen molar-refractivity contribution >= 4 is 78.9 Å². The lowest BCUT2D eigenvalue weighted by atomic mass is 10.3. The molecule has 0 atom stereocenters. The molecule has 0 aliphatic rings. The van der Waals surface area contributed by atoms with E-state index in [0.717, 1.165) is 16.0 Å². The van der Waals surface area contributed by atoms with Crippen LogP contribution in [0, 0.1) is 0 Å². The second-order valence-corrected chi connectivity index (χ2v) is 10.6. The summed E-state index contributed by atoms with van der Waals surface area (Å²) in [4.78, 5) is 44.7. The molecule has 0 fully saturated rings. The summed E-state index contributed by atoms with van der Waals surface area (Å²) < 4.78 is 7.15. The summed E-state index contributed by atoms with van der Waals surface area (Å²) in [5.41, 5.74) is 2.73. The summed E-state index contributed by atoms with van der Waals surface area (Å²) >= 11 is 4.08. The first-order chi connectivity index (χ1) is 17.4. The molecule has 0 aliphatic carbocycles. The standard InChI is InChI=1S/C24H23N5O4S3/c1-3-33-18-8-9-19-20(11-18)36-23(28-19)29-21(31)10-17-12-34-24(27-17)35-13-22(32)26-16-6-4-15(5-7-16)25-14(2)30/h4-9,11-12H,3,10,13H2,1-2H3,(H,25,30)(H,26,32)(H,28,29,31). The number of nitrogens with one attached hydrogen (secondary N) is 3. The smallest absolute Gasteiger partial charge is 0.234 e. The Morgan fingerprint density at radius 1 is 0.972 bits per heavy atom. The summed E-state index contributed by atoms with van der Waals surface area (Å²) in [6, 6.07) is 12.5. The third-order valence-electron chi connectivity index (χ3n) is 4.61. The van der Waals surface area contributed by atoms with Gasteiger partial charge in [-0.05, 0) is 49.4 Å². The SMILES string of the molecule is CCOc1ccc2nc(NC(=O)Cc3csc(SCC(=O)Nc4ccc(NC(C)=O)cc4)n3)sc2c1. The number of thiazole rings is 2. The van der Waals surface area contributed by atoms with E-state index in [-0.39, 0.29) is 29.9 Å². The Labute approximate surface area is 219 Å². The Kier molecular flexibility index (Phi) is 8.52. The molecule has 0 saturated carbocycles. The molecule has 3 N–H and O–H groups in total. The number of aromatic nitrogens is 2. The Morgan fingerprint density at radius 2 is 1.72 bits per heavy atom. The van der Waals surface area contributed by atoms with Gasteiger partial charge in [0.15, 0.2) is 9.47 Å². The maximum absolute atomic E-state index is 12.5. The number of anilines is 3. The van der Waals surface area contributed by atoms with Crippen molar-refractivity contribution in [3.05, 3.63) is 53.5 Å². The molecular weight excluding hydrogens is 518 g/mol. The van der Waals surface area contributed by atoms with E-state index in [2.05, 4.69) is 25.9 Å². The second kappa shape index (κ2) is 12.0. The van der Waals surface area contributed by atoms with Crippen LogP contribution in [-0.2, 0) is 20.8 Å². The fraction of sp³-hybridized carbons (Fsp3) is 0.208. The molecule has 9 nitrogen and oxygen atoms in total. The van der Waals surface area contributed by atoms with E-state index in [0.29, 0.717) is 33.1 Å². The fourth-order valence-electron chi connectivity index (χ4n) is 3.14. The zero-order chi connectivity index (χ0) is 25.5. The largest absolute Gasteiger partial charge is 0.494 e. The molecule has 3 amide bonds. The van der Waals surface area contributed by atoms with E-state index >= 15 is 0 Å². The van der Waals surface area contributed by atoms with Gasteiger partial charge in [0.1, 0.15) is 5.75 Å². The lowest BCUT2D eigenvalue weighted by Gasteiger charge is -2.06. The lowest BCUT2D eigenvalue weighted by molar-refractivity contribution is -0.116. The fourth-order valence-corrected chi connectivity index (χ4v) is 5.70. The van der Waals surface area contributed by atoms with Gasteiger partial charge in [-0.3, -0.25) is 14.4 Å². The number of fused-ring (bicyclic) bond motifs is 1. The summed E-state index contributed by atoms with van der Waals surface area (Å²) in [7, 11) is 0. The zero-order valence-corrected chi connectivity index (χ0v) is 21.9. The number of rotatable bonds is 10. The van der Waals surface area contributed by atoms with Crippen molar-refractivity contribution in [1.82, 2.24) is 9.97 Å². The van der Waals surface area contributed by atoms with Crippen LogP contribution >= 0.6 is 34.4 Å². The van der Waals surface area contributed by atoms with Gasteiger partial charge in [-0.15, -0.1) is 11.3 Å². The molecule has 4 aromatic rings. The number of carbonyl (C=O) groups is 3. The van der Waals surface area contributed by atoms with Crippen molar-refractivity contribution in [1.29, 1.82) is 0 Å². The van der Waals surface area contributed by atoms with Gasteiger partial charge in [0.05, 0.1) is 34.7 Å². The Balaban J connectivity index is 1.24. The molecule has 0 bridgehead atoms. The molecule has 0 radical (unpaired) electrons. The molecule has 0 saturated heterocycles. The highest BCUT2D eigenvalue weighted by atomic mass is 32.2. The molecule has 0 aliphatic heterocycles. The maximum Gasteiger partial charge on any atom is 0.234 e. The number of carbonyl (C=O) groups excluding carboxylic acids is 3. The van der Waals surface area contributed by atoms with E-state index in [1.807, 2.05) is 30.5 Å². The van der Waals surface area contributed by atoms with Crippen LogP contribution in [0.2, 0.25) is 0 Å². The van der Waals surface area contributed by atoms with Crippen LogP contribution < -0.4 is 20.7 Å². The lowest BCUT2D eigenvalue weighted by Crippen LogP contribution is -2.14. The van der Waals surface area contributed by atoms with Gasteiger partial charge in [-0.25, -0.2) is 9.97 Å². The maximum atomic E-state index is 12.5. The zero-order valence-electron chi connectivity index (χ0n) is 19.5. The van der Waals surface area contributed by atoms with Crippen LogP contribution in [0.1, 0.15) is 19.5 Å². The number of hydrogen-bond donors (Lipinski definition) is 3. The van der Waals surface area contributed by atoms with Crippen LogP contribution in [0.3, 0.4) is 0 Å². The minimum Gasteiger partial charge on any atom is -0.494 e. The van der Waals surface area contributed by atoms with E-state index < -0.39 is 0 Å². The van der Waals surface area contributed by atoms with Gasteiger partial charge in [-0.1, -0.05) is 23.1 Å². The van der Waals surface area contributed by atoms with Crippen molar-refractivity contribution < 1.29 is 19.1 Å². The molecule has 0 spiro atoms. The first-order valence-corrected chi connectivity index (χ1v) is 13.6. The van der Waals surface area contributed by atoms with E-state index in [4.69, 9.17) is 4.74 Å². The van der Waals surface area contributed by atoms with Gasteiger partial charge in [0.25, 0.3) is 0 Å². The minimum atomic E-state index is -0.207. The van der Waals surface area contributed by atoms with Gasteiger partial charge >= 0.3 is 0 Å². The third-order valence-corrected chi connectivity index (χ3v) is 7.61. The molecule has 2 aromatic heterocycles. The molecular formula is C24H23N5O4S3. The number of ether oxygens (including phenoxy) is 1. The number of benzene rings is 2. The molecule has 4 rings (SSSR count). The monoisotopic (exact) mass is 541 g/mol. The first-order valence-electron chi connectivity index (χ1n) is 11.0. The molecule has 36 heavy (non-hydrogen) atoms. The highest BCUT2D eigenvalue weighted by molar-refractivity contribution is 8.01.